The topological polar surface area (TPSA) is 89.1 Å². The molecule has 0 unspecified atom stereocenters. The molecule has 148 valence electrons. The third-order valence-electron chi connectivity index (χ3n) is 4.34. The van der Waals surface area contributed by atoms with E-state index in [0.717, 1.165) is 44.1 Å². The summed E-state index contributed by atoms with van der Waals surface area (Å²) < 4.78 is 10.7. The molecule has 0 bridgehead atoms. The first kappa shape index (κ1) is 19.1. The van der Waals surface area contributed by atoms with Crippen LogP contribution in [0.5, 0.6) is 11.5 Å². The number of hydrogen-bond acceptors (Lipinski definition) is 6. The summed E-state index contributed by atoms with van der Waals surface area (Å²) in [5.41, 5.74) is 3.30. The molecule has 1 amide bonds. The number of methoxy groups -OCH3 is 1. The molecule has 2 N–H and O–H groups in total. The van der Waals surface area contributed by atoms with Gasteiger partial charge in [0.05, 0.1) is 25.0 Å². The van der Waals surface area contributed by atoms with Crippen molar-refractivity contribution in [1.82, 2.24) is 15.0 Å². The van der Waals surface area contributed by atoms with Gasteiger partial charge in [-0.15, -0.1) is 0 Å². The Hall–Kier alpha value is -3.26. The first-order valence-electron chi connectivity index (χ1n) is 9.14. The molecule has 0 aliphatic rings. The van der Waals surface area contributed by atoms with Gasteiger partial charge in [-0.1, -0.05) is 11.8 Å². The average Bonchev–Trinajstić information content (AvgIpc) is 3.12. The van der Waals surface area contributed by atoms with Crippen LogP contribution in [0.4, 0.5) is 5.69 Å². The molecule has 2 heterocycles. The first-order chi connectivity index (χ1) is 14.2. The average molecular weight is 408 g/mol. The van der Waals surface area contributed by atoms with Crippen LogP contribution in [-0.4, -0.2) is 40.3 Å². The highest BCUT2D eigenvalue weighted by Crippen LogP contribution is 2.31. The number of nitrogens with one attached hydrogen (secondary N) is 2. The SMILES string of the molecule is CCOc1ccc(NC(=O)CSc2ncnc3c2[nH]c2ccc(OC)cc23)cc1. The molecule has 4 aromatic rings. The smallest absolute Gasteiger partial charge is 0.234 e. The monoisotopic (exact) mass is 408 g/mol. The molecule has 29 heavy (non-hydrogen) atoms. The van der Waals surface area contributed by atoms with Gasteiger partial charge in [0, 0.05) is 16.6 Å². The maximum atomic E-state index is 12.4. The lowest BCUT2D eigenvalue weighted by molar-refractivity contribution is -0.113. The third-order valence-corrected chi connectivity index (χ3v) is 5.33. The number of thioether (sulfide) groups is 1. The minimum Gasteiger partial charge on any atom is -0.497 e. The van der Waals surface area contributed by atoms with E-state index in [4.69, 9.17) is 9.47 Å². The number of rotatable bonds is 7. The van der Waals surface area contributed by atoms with Crippen molar-refractivity contribution in [3.63, 3.8) is 0 Å². The molecule has 2 aromatic carbocycles. The predicted octanol–water partition coefficient (Wildman–Crippen LogP) is 4.25. The number of benzene rings is 2. The number of carbonyl (C=O) groups excluding carboxylic acids is 1. The van der Waals surface area contributed by atoms with Crippen molar-refractivity contribution in [2.24, 2.45) is 0 Å². The Morgan fingerprint density at radius 2 is 1.93 bits per heavy atom. The van der Waals surface area contributed by atoms with Crippen LogP contribution in [0.1, 0.15) is 6.92 Å². The van der Waals surface area contributed by atoms with Gasteiger partial charge in [0.1, 0.15) is 28.4 Å². The number of H-pyrrole nitrogens is 1. The molecule has 0 aliphatic carbocycles. The van der Waals surface area contributed by atoms with Gasteiger partial charge in [-0.05, 0) is 49.4 Å². The number of amides is 1. The Morgan fingerprint density at radius 1 is 1.14 bits per heavy atom. The Balaban J connectivity index is 1.48. The van der Waals surface area contributed by atoms with Crippen molar-refractivity contribution < 1.29 is 14.3 Å². The molecule has 0 saturated heterocycles. The molecule has 0 saturated carbocycles. The molecule has 0 radical (unpaired) electrons. The van der Waals surface area contributed by atoms with E-state index in [1.54, 1.807) is 7.11 Å². The number of aromatic amines is 1. The fraction of sp³-hybridized carbons (Fsp3) is 0.190. The zero-order valence-corrected chi connectivity index (χ0v) is 16.9. The number of aromatic nitrogens is 3. The molecule has 8 heteroatoms. The number of fused-ring (bicyclic) bond motifs is 3. The summed E-state index contributed by atoms with van der Waals surface area (Å²) in [5.74, 6) is 1.67. The van der Waals surface area contributed by atoms with Gasteiger partial charge in [0.25, 0.3) is 0 Å². The van der Waals surface area contributed by atoms with E-state index in [9.17, 15) is 4.79 Å². The molecule has 7 nitrogen and oxygen atoms in total. The predicted molar refractivity (Wildman–Crippen MR) is 115 cm³/mol. The lowest BCUT2D eigenvalue weighted by Gasteiger charge is -2.07. The molecule has 2 aromatic heterocycles. The Labute approximate surface area is 171 Å². The zero-order chi connectivity index (χ0) is 20.2. The fourth-order valence-electron chi connectivity index (χ4n) is 3.02. The van der Waals surface area contributed by atoms with Crippen LogP contribution in [0, 0.1) is 0 Å². The number of anilines is 1. The van der Waals surface area contributed by atoms with Crippen molar-refractivity contribution in [2.45, 2.75) is 11.9 Å². The van der Waals surface area contributed by atoms with Crippen molar-refractivity contribution in [3.8, 4) is 11.5 Å². The van der Waals surface area contributed by atoms with Crippen LogP contribution in [0.15, 0.2) is 53.8 Å². The van der Waals surface area contributed by atoms with E-state index in [1.807, 2.05) is 49.4 Å². The first-order valence-corrected chi connectivity index (χ1v) is 10.1. The van der Waals surface area contributed by atoms with Crippen LogP contribution >= 0.6 is 11.8 Å². The number of carbonyl (C=O) groups is 1. The van der Waals surface area contributed by atoms with Crippen LogP contribution in [0.2, 0.25) is 0 Å². The highest BCUT2D eigenvalue weighted by atomic mass is 32.2. The molecule has 0 atom stereocenters. The summed E-state index contributed by atoms with van der Waals surface area (Å²) in [7, 11) is 1.63. The van der Waals surface area contributed by atoms with Crippen LogP contribution in [0.25, 0.3) is 21.9 Å². The maximum absolute atomic E-state index is 12.4. The quantitative estimate of drug-likeness (QED) is 0.351. The zero-order valence-electron chi connectivity index (χ0n) is 16.1. The lowest BCUT2D eigenvalue weighted by atomic mass is 10.2. The third kappa shape index (κ3) is 4.12. The van der Waals surface area contributed by atoms with E-state index in [-0.39, 0.29) is 11.7 Å². The van der Waals surface area contributed by atoms with E-state index in [1.165, 1.54) is 18.1 Å². The molecular weight excluding hydrogens is 388 g/mol. The second-order valence-corrected chi connectivity index (χ2v) is 7.20. The Morgan fingerprint density at radius 3 is 2.69 bits per heavy atom. The molecule has 0 spiro atoms. The van der Waals surface area contributed by atoms with Crippen LogP contribution in [0.3, 0.4) is 0 Å². The summed E-state index contributed by atoms with van der Waals surface area (Å²) in [6.07, 6.45) is 1.52. The fourth-order valence-corrected chi connectivity index (χ4v) is 3.77. The van der Waals surface area contributed by atoms with Gasteiger partial charge in [-0.25, -0.2) is 9.97 Å². The van der Waals surface area contributed by atoms with E-state index in [0.29, 0.717) is 6.61 Å². The lowest BCUT2D eigenvalue weighted by Crippen LogP contribution is -2.14. The number of nitrogens with zero attached hydrogens (tertiary/aromatic N) is 2. The van der Waals surface area contributed by atoms with Gasteiger partial charge in [-0.3, -0.25) is 4.79 Å². The Bertz CT molecular complexity index is 1160. The van der Waals surface area contributed by atoms with Gasteiger partial charge in [-0.2, -0.15) is 0 Å². The molecule has 0 fully saturated rings. The molecule has 0 aliphatic heterocycles. The number of hydrogen-bond donors (Lipinski definition) is 2. The highest BCUT2D eigenvalue weighted by molar-refractivity contribution is 8.00. The van der Waals surface area contributed by atoms with Gasteiger partial charge < -0.3 is 19.8 Å². The standard InChI is InChI=1S/C21H20N4O3S/c1-3-28-14-6-4-13(5-7-14)24-18(26)11-29-21-20-19(22-12-23-21)16-10-15(27-2)8-9-17(16)25-20/h4-10,12,25H,3,11H2,1-2H3,(H,24,26). The Kier molecular flexibility index (Phi) is 5.53. The van der Waals surface area contributed by atoms with Crippen molar-refractivity contribution in [3.05, 3.63) is 48.8 Å². The summed E-state index contributed by atoms with van der Waals surface area (Å²) in [6.45, 7) is 2.54. The van der Waals surface area contributed by atoms with E-state index < -0.39 is 0 Å². The summed E-state index contributed by atoms with van der Waals surface area (Å²) >= 11 is 1.36. The minimum absolute atomic E-state index is 0.108. The van der Waals surface area contributed by atoms with E-state index in [2.05, 4.69) is 20.3 Å². The molecular formula is C21H20N4O3S. The van der Waals surface area contributed by atoms with Crippen molar-refractivity contribution in [1.29, 1.82) is 0 Å². The second-order valence-electron chi connectivity index (χ2n) is 6.23. The number of ether oxygens (including phenoxy) is 2. The van der Waals surface area contributed by atoms with Gasteiger partial charge in [0.15, 0.2) is 0 Å². The molecule has 4 rings (SSSR count). The van der Waals surface area contributed by atoms with Crippen molar-refractivity contribution in [2.75, 3.05) is 24.8 Å². The van der Waals surface area contributed by atoms with Crippen LogP contribution in [-0.2, 0) is 4.79 Å². The van der Waals surface area contributed by atoms with Gasteiger partial charge in [0.2, 0.25) is 5.91 Å². The van der Waals surface area contributed by atoms with Crippen molar-refractivity contribution >= 4 is 45.3 Å². The summed E-state index contributed by atoms with van der Waals surface area (Å²) in [6, 6.07) is 13.1. The summed E-state index contributed by atoms with van der Waals surface area (Å²) in [4.78, 5) is 24.4. The second kappa shape index (κ2) is 8.40. The maximum Gasteiger partial charge on any atom is 0.234 e. The van der Waals surface area contributed by atoms with Crippen LogP contribution < -0.4 is 14.8 Å². The normalized spacial score (nSPS) is 11.0. The minimum atomic E-state index is -0.108. The highest BCUT2D eigenvalue weighted by Gasteiger charge is 2.13. The largest absolute Gasteiger partial charge is 0.497 e. The van der Waals surface area contributed by atoms with E-state index >= 15 is 0 Å². The summed E-state index contributed by atoms with van der Waals surface area (Å²) in [5, 5.41) is 4.58. The van der Waals surface area contributed by atoms with Gasteiger partial charge >= 0.3 is 0 Å².